The van der Waals surface area contributed by atoms with Crippen molar-refractivity contribution in [2.24, 2.45) is 5.73 Å². The molecule has 9 nitrogen and oxygen atoms in total. The van der Waals surface area contributed by atoms with Gasteiger partial charge in [-0.1, -0.05) is 0 Å². The van der Waals surface area contributed by atoms with Crippen LogP contribution in [0.2, 0.25) is 0 Å². The van der Waals surface area contributed by atoms with Crippen LogP contribution in [-0.2, 0) is 24.2 Å². The SMILES string of the molecule is Cl.N[C@@H](CCS(=O)(=O)CCC(=O)NCC(=O)O)C(=O)O. The molecule has 0 radical (unpaired) electrons. The summed E-state index contributed by atoms with van der Waals surface area (Å²) < 4.78 is 22.9. The third kappa shape index (κ3) is 10.5. The molecule has 0 aromatic carbocycles. The number of halogens is 1. The molecular weight excluding hydrogens is 316 g/mol. The number of carboxylic acids is 2. The molecule has 20 heavy (non-hydrogen) atoms. The van der Waals surface area contributed by atoms with Crippen molar-refractivity contribution in [3.63, 3.8) is 0 Å². The van der Waals surface area contributed by atoms with Gasteiger partial charge < -0.3 is 21.3 Å². The maximum absolute atomic E-state index is 11.5. The molecule has 0 fully saturated rings. The van der Waals surface area contributed by atoms with Gasteiger partial charge in [-0.25, -0.2) is 8.42 Å². The number of nitrogens with two attached hydrogens (primary N) is 1. The average molecular weight is 333 g/mol. The van der Waals surface area contributed by atoms with E-state index in [0.29, 0.717) is 0 Å². The van der Waals surface area contributed by atoms with Gasteiger partial charge in [0.25, 0.3) is 0 Å². The molecule has 0 spiro atoms. The van der Waals surface area contributed by atoms with E-state index in [1.165, 1.54) is 0 Å². The zero-order valence-corrected chi connectivity index (χ0v) is 12.1. The standard InChI is InChI=1S/C9H16N2O7S.ClH/c10-6(9(15)16)1-3-19(17,18)4-2-7(12)11-5-8(13)14;/h6H,1-5,10H2,(H,11,12)(H,13,14)(H,15,16);1H/t6-;/m0./s1. The third-order valence-electron chi connectivity index (χ3n) is 2.13. The molecule has 0 bridgehead atoms. The second-order valence-electron chi connectivity index (χ2n) is 3.81. The molecule has 0 aliphatic carbocycles. The first-order valence-corrected chi connectivity index (χ1v) is 7.13. The van der Waals surface area contributed by atoms with Crippen LogP contribution in [0.3, 0.4) is 0 Å². The number of rotatable bonds is 9. The molecule has 0 aliphatic heterocycles. The van der Waals surface area contributed by atoms with Crippen molar-refractivity contribution in [2.75, 3.05) is 18.1 Å². The Labute approximate surface area is 121 Å². The first-order valence-electron chi connectivity index (χ1n) is 5.31. The van der Waals surface area contributed by atoms with Crippen molar-refractivity contribution in [1.29, 1.82) is 0 Å². The second kappa shape index (κ2) is 9.50. The van der Waals surface area contributed by atoms with Crippen LogP contribution in [0, 0.1) is 0 Å². The molecule has 118 valence electrons. The minimum Gasteiger partial charge on any atom is -0.480 e. The molecule has 0 aromatic heterocycles. The number of carboxylic acid groups (broad SMARTS) is 2. The highest BCUT2D eigenvalue weighted by molar-refractivity contribution is 7.91. The summed E-state index contributed by atoms with van der Waals surface area (Å²) in [6.07, 6.45) is -0.619. The van der Waals surface area contributed by atoms with Crippen LogP contribution < -0.4 is 11.1 Å². The predicted molar refractivity (Wildman–Crippen MR) is 71.4 cm³/mol. The van der Waals surface area contributed by atoms with Crippen LogP contribution in [0.1, 0.15) is 12.8 Å². The summed E-state index contributed by atoms with van der Waals surface area (Å²) in [5.41, 5.74) is 5.15. The quantitative estimate of drug-likeness (QED) is 0.384. The first kappa shape index (κ1) is 20.9. The number of sulfone groups is 1. The van der Waals surface area contributed by atoms with Gasteiger partial charge in [0.05, 0.1) is 11.5 Å². The molecular formula is C9H17ClN2O7S. The van der Waals surface area contributed by atoms with E-state index in [0.717, 1.165) is 0 Å². The van der Waals surface area contributed by atoms with Gasteiger partial charge in [-0.3, -0.25) is 14.4 Å². The molecule has 0 aromatic rings. The van der Waals surface area contributed by atoms with Gasteiger partial charge in [0.1, 0.15) is 12.6 Å². The molecule has 0 unspecified atom stereocenters. The van der Waals surface area contributed by atoms with Crippen LogP contribution >= 0.6 is 12.4 Å². The summed E-state index contributed by atoms with van der Waals surface area (Å²) in [6, 6.07) is -1.27. The van der Waals surface area contributed by atoms with Crippen molar-refractivity contribution in [3.8, 4) is 0 Å². The largest absolute Gasteiger partial charge is 0.480 e. The van der Waals surface area contributed by atoms with Crippen LogP contribution in [-0.4, -0.2) is 60.6 Å². The molecule has 1 amide bonds. The van der Waals surface area contributed by atoms with E-state index < -0.39 is 51.8 Å². The fourth-order valence-corrected chi connectivity index (χ4v) is 2.36. The lowest BCUT2D eigenvalue weighted by molar-refractivity contribution is -0.138. The number of amides is 1. The lowest BCUT2D eigenvalue weighted by Crippen LogP contribution is -2.33. The van der Waals surface area contributed by atoms with E-state index in [-0.39, 0.29) is 25.2 Å². The number of aliphatic carboxylic acids is 2. The predicted octanol–water partition coefficient (Wildman–Crippen LogP) is -1.78. The highest BCUT2D eigenvalue weighted by atomic mass is 35.5. The van der Waals surface area contributed by atoms with E-state index in [4.69, 9.17) is 15.9 Å². The van der Waals surface area contributed by atoms with Gasteiger partial charge in [0.15, 0.2) is 9.84 Å². The van der Waals surface area contributed by atoms with E-state index in [2.05, 4.69) is 0 Å². The van der Waals surface area contributed by atoms with Gasteiger partial charge in [-0.05, 0) is 6.42 Å². The zero-order valence-electron chi connectivity index (χ0n) is 10.4. The Bertz CT molecular complexity index is 451. The molecule has 11 heteroatoms. The Balaban J connectivity index is 0. The van der Waals surface area contributed by atoms with E-state index in [1.54, 1.807) is 0 Å². The summed E-state index contributed by atoms with van der Waals surface area (Å²) in [7, 11) is -3.60. The normalized spacial score (nSPS) is 12.1. The Hall–Kier alpha value is -1.39. The van der Waals surface area contributed by atoms with Crippen LogP contribution in [0.4, 0.5) is 0 Å². The number of hydrogen-bond acceptors (Lipinski definition) is 6. The summed E-state index contributed by atoms with van der Waals surface area (Å²) in [5, 5.41) is 18.8. The van der Waals surface area contributed by atoms with Crippen molar-refractivity contribution >= 4 is 40.1 Å². The van der Waals surface area contributed by atoms with Crippen LogP contribution in [0.5, 0.6) is 0 Å². The van der Waals surface area contributed by atoms with Crippen LogP contribution in [0.15, 0.2) is 0 Å². The third-order valence-corrected chi connectivity index (χ3v) is 3.82. The fraction of sp³-hybridized carbons (Fsp3) is 0.667. The van der Waals surface area contributed by atoms with Gasteiger partial charge in [0, 0.05) is 6.42 Å². The molecule has 0 saturated carbocycles. The maximum atomic E-state index is 11.5. The first-order chi connectivity index (χ1) is 8.64. The molecule has 0 heterocycles. The Morgan fingerprint density at radius 1 is 1.15 bits per heavy atom. The molecule has 0 aliphatic rings. The lowest BCUT2D eigenvalue weighted by atomic mass is 10.2. The summed E-state index contributed by atoms with van der Waals surface area (Å²) in [6.45, 7) is -0.581. The monoisotopic (exact) mass is 332 g/mol. The van der Waals surface area contributed by atoms with Crippen molar-refractivity contribution in [2.45, 2.75) is 18.9 Å². The van der Waals surface area contributed by atoms with E-state index in [9.17, 15) is 22.8 Å². The number of carbonyl (C=O) groups is 3. The van der Waals surface area contributed by atoms with Gasteiger partial charge >= 0.3 is 11.9 Å². The molecule has 1 atom stereocenters. The molecule has 0 saturated heterocycles. The average Bonchev–Trinajstić information content (AvgIpc) is 2.30. The highest BCUT2D eigenvalue weighted by Crippen LogP contribution is 2.00. The minimum atomic E-state index is -3.60. The van der Waals surface area contributed by atoms with Crippen molar-refractivity contribution in [1.82, 2.24) is 5.32 Å². The minimum absolute atomic E-state index is 0. The van der Waals surface area contributed by atoms with Crippen molar-refractivity contribution < 1.29 is 33.0 Å². The summed E-state index contributed by atoms with van der Waals surface area (Å²) in [4.78, 5) is 31.6. The number of hydrogen-bond donors (Lipinski definition) is 4. The maximum Gasteiger partial charge on any atom is 0.322 e. The Morgan fingerprint density at radius 3 is 2.15 bits per heavy atom. The lowest BCUT2D eigenvalue weighted by Gasteiger charge is -2.07. The van der Waals surface area contributed by atoms with Gasteiger partial charge in [-0.15, -0.1) is 12.4 Å². The Kier molecular flexibility index (Phi) is 9.94. The smallest absolute Gasteiger partial charge is 0.322 e. The zero-order chi connectivity index (χ0) is 15.1. The summed E-state index contributed by atoms with van der Waals surface area (Å²) in [5.74, 6) is -4.15. The number of nitrogens with one attached hydrogen (secondary N) is 1. The fourth-order valence-electron chi connectivity index (χ4n) is 1.04. The summed E-state index contributed by atoms with van der Waals surface area (Å²) >= 11 is 0. The molecule has 0 rings (SSSR count). The van der Waals surface area contributed by atoms with Crippen molar-refractivity contribution in [3.05, 3.63) is 0 Å². The van der Waals surface area contributed by atoms with Crippen LogP contribution in [0.25, 0.3) is 0 Å². The molecule has 5 N–H and O–H groups in total. The topological polar surface area (TPSA) is 164 Å². The second-order valence-corrected chi connectivity index (χ2v) is 6.11. The van der Waals surface area contributed by atoms with E-state index in [1.807, 2.05) is 5.32 Å². The Morgan fingerprint density at radius 2 is 1.70 bits per heavy atom. The van der Waals surface area contributed by atoms with Gasteiger partial charge in [-0.2, -0.15) is 0 Å². The highest BCUT2D eigenvalue weighted by Gasteiger charge is 2.18. The van der Waals surface area contributed by atoms with Gasteiger partial charge in [0.2, 0.25) is 5.91 Å². The van der Waals surface area contributed by atoms with E-state index >= 15 is 0 Å². The number of carbonyl (C=O) groups excluding carboxylic acids is 1.